The predicted molar refractivity (Wildman–Crippen MR) is 302 cm³/mol. The van der Waals surface area contributed by atoms with E-state index in [1.54, 1.807) is 46.4 Å². The van der Waals surface area contributed by atoms with Crippen molar-refractivity contribution in [2.24, 2.45) is 26.9 Å². The Balaban J connectivity index is 0.000000262. The summed E-state index contributed by atoms with van der Waals surface area (Å²) in [6.07, 6.45) is 6.28. The molecule has 2 fully saturated rings. The average molecular weight is 1130 g/mol. The standard InChI is InChI=1S/C24H26BrN5O3.C19H35N3O6.C12H14N2S/c1-4-20-24(32)29(2)21(12-27-15-26)23(30(20)13-16-5-8-18(25)9-6-16)28-19-10-7-17(14-31)11-22(19)33-3;1-19(2,3)17(18(25)22-7-4-5-15(22)13-23)21-16(24)14-28-12-11-27-10-9-26-8-6-20;1-9-12(15-8-14-9)11-5-3-10(4-6-11)7-13-2/h5-12,14-15,20H,4,13H2,1-3H3,(H2,26,27);13,15,17H,4-12,14,20H2,1-3H3,(H,21,24);3-6,8,13H,7H2,1-2H3/b21-12+,28-23?;;. The van der Waals surface area contributed by atoms with Gasteiger partial charge in [0.15, 0.2) is 5.84 Å². The minimum atomic E-state index is -0.722. The number of nitrogens with two attached hydrogens (primary N) is 2. The van der Waals surface area contributed by atoms with E-state index >= 15 is 0 Å². The van der Waals surface area contributed by atoms with Crippen LogP contribution in [0.4, 0.5) is 5.69 Å². The first-order valence-electron chi connectivity index (χ1n) is 25.1. The molecule has 3 amide bonds. The van der Waals surface area contributed by atoms with Crippen LogP contribution in [-0.2, 0) is 46.5 Å². The van der Waals surface area contributed by atoms with Crippen LogP contribution in [0, 0.1) is 12.3 Å². The largest absolute Gasteiger partial charge is 0.494 e. The molecule has 0 bridgehead atoms. The lowest BCUT2D eigenvalue weighted by Crippen LogP contribution is -2.56. The number of likely N-dealkylation sites (tertiary alicyclic amines) is 1. The Morgan fingerprint density at radius 1 is 0.987 bits per heavy atom. The number of nitrogens with zero attached hydrogens (tertiary/aromatic N) is 6. The first-order valence-corrected chi connectivity index (χ1v) is 26.8. The molecule has 3 atom stereocenters. The number of likely N-dealkylation sites (N-methyl/N-ethyl adjacent to an activating group) is 1. The lowest BCUT2D eigenvalue weighted by Gasteiger charge is -2.42. The van der Waals surface area contributed by atoms with Crippen molar-refractivity contribution in [3.05, 3.63) is 111 Å². The summed E-state index contributed by atoms with van der Waals surface area (Å²) in [4.78, 5) is 80.3. The van der Waals surface area contributed by atoms with Gasteiger partial charge in [-0.3, -0.25) is 19.2 Å². The van der Waals surface area contributed by atoms with Crippen LogP contribution in [0.25, 0.3) is 10.4 Å². The van der Waals surface area contributed by atoms with Crippen LogP contribution < -0.4 is 26.8 Å². The molecule has 412 valence electrons. The predicted octanol–water partition coefficient (Wildman–Crippen LogP) is 6.44. The highest BCUT2D eigenvalue weighted by Crippen LogP contribution is 2.33. The van der Waals surface area contributed by atoms with Crippen molar-refractivity contribution in [2.75, 3.05) is 73.9 Å². The maximum absolute atomic E-state index is 13.2. The van der Waals surface area contributed by atoms with Gasteiger partial charge >= 0.3 is 0 Å². The van der Waals surface area contributed by atoms with E-state index < -0.39 is 23.5 Å². The Morgan fingerprint density at radius 2 is 1.66 bits per heavy atom. The lowest BCUT2D eigenvalue weighted by atomic mass is 9.85. The Labute approximate surface area is 459 Å². The number of amides is 3. The maximum atomic E-state index is 13.2. The number of nitrogens with one attached hydrogen (secondary N) is 2. The van der Waals surface area contributed by atoms with Crippen LogP contribution >= 0.6 is 27.3 Å². The number of halogens is 1. The van der Waals surface area contributed by atoms with Crippen molar-refractivity contribution < 1.29 is 42.9 Å². The summed E-state index contributed by atoms with van der Waals surface area (Å²) >= 11 is 5.16. The minimum absolute atomic E-state index is 0.0599. The van der Waals surface area contributed by atoms with E-state index in [0.717, 1.165) is 47.6 Å². The number of aliphatic imine (C=N–C) groups is 2. The second kappa shape index (κ2) is 32.4. The van der Waals surface area contributed by atoms with Gasteiger partial charge in [0.1, 0.15) is 48.4 Å². The smallest absolute Gasteiger partial charge is 0.249 e. The van der Waals surface area contributed by atoms with Crippen molar-refractivity contribution in [3.8, 4) is 16.2 Å². The zero-order valence-corrected chi connectivity index (χ0v) is 47.4. The minimum Gasteiger partial charge on any atom is -0.494 e. The number of hydrogen-bond acceptors (Lipinski definition) is 15. The molecular weight excluding hydrogens is 1060 g/mol. The first kappa shape index (κ1) is 62.3. The number of rotatable bonds is 23. The van der Waals surface area contributed by atoms with E-state index in [4.69, 9.17) is 35.4 Å². The van der Waals surface area contributed by atoms with Gasteiger partial charge in [0, 0.05) is 43.3 Å². The second-order valence-electron chi connectivity index (χ2n) is 18.7. The van der Waals surface area contributed by atoms with Gasteiger partial charge in [-0.25, -0.2) is 15.0 Å². The summed E-state index contributed by atoms with van der Waals surface area (Å²) in [5.41, 5.74) is 18.4. The number of aldehydes is 2. The molecule has 0 saturated carbocycles. The molecule has 19 nitrogen and oxygen atoms in total. The van der Waals surface area contributed by atoms with Gasteiger partial charge in [-0.1, -0.05) is 80.0 Å². The highest BCUT2D eigenvalue weighted by atomic mass is 79.9. The third-order valence-electron chi connectivity index (χ3n) is 12.1. The fourth-order valence-corrected chi connectivity index (χ4v) is 9.19. The van der Waals surface area contributed by atoms with Crippen LogP contribution in [-0.4, -0.2) is 154 Å². The number of aryl methyl sites for hydroxylation is 1. The second-order valence-corrected chi connectivity index (χ2v) is 20.4. The SMILES string of the molecule is CC(C)(C)C(NC(=O)COCCOCCOCCN)C(=O)N1CCCC1C=O.CCC1C(=O)N(C)/C(=C/N=CN)C(=Nc2ccc(C=O)cc2OC)N1Cc1ccc(Br)cc1.CNCc1ccc(-c2scnc2C)cc1. The first-order chi connectivity index (χ1) is 36.5. The maximum Gasteiger partial charge on any atom is 0.249 e. The number of carbonyl (C=O) groups is 5. The number of amidine groups is 1. The molecule has 76 heavy (non-hydrogen) atoms. The summed E-state index contributed by atoms with van der Waals surface area (Å²) in [6.45, 7) is 13.9. The number of methoxy groups -OCH3 is 1. The van der Waals surface area contributed by atoms with Gasteiger partial charge in [-0.05, 0) is 85.7 Å². The van der Waals surface area contributed by atoms with Crippen LogP contribution in [0.3, 0.4) is 0 Å². The molecule has 2 saturated heterocycles. The van der Waals surface area contributed by atoms with E-state index in [2.05, 4.69) is 60.8 Å². The zero-order valence-electron chi connectivity index (χ0n) is 45.0. The molecule has 6 N–H and O–H groups in total. The van der Waals surface area contributed by atoms with E-state index in [1.807, 2.05) is 76.3 Å². The van der Waals surface area contributed by atoms with Gasteiger partial charge in [0.05, 0.1) is 74.8 Å². The van der Waals surface area contributed by atoms with Crippen LogP contribution in [0.1, 0.15) is 74.1 Å². The molecule has 4 aromatic rings. The Bertz CT molecular complexity index is 2570. The van der Waals surface area contributed by atoms with Crippen LogP contribution in [0.15, 0.2) is 98.6 Å². The van der Waals surface area contributed by atoms with E-state index in [9.17, 15) is 24.0 Å². The van der Waals surface area contributed by atoms with Crippen molar-refractivity contribution in [2.45, 2.75) is 85.1 Å². The number of ether oxygens (including phenoxy) is 4. The highest BCUT2D eigenvalue weighted by Gasteiger charge is 2.41. The number of piperazine rings is 1. The van der Waals surface area contributed by atoms with E-state index in [1.165, 1.54) is 29.3 Å². The normalized spacial score (nSPS) is 17.0. The Morgan fingerprint density at radius 3 is 2.24 bits per heavy atom. The molecule has 0 spiro atoms. The van der Waals surface area contributed by atoms with Gasteiger partial charge < -0.3 is 60.5 Å². The fraction of sp³-hybridized carbons (Fsp3) is 0.455. The summed E-state index contributed by atoms with van der Waals surface area (Å²) in [5, 5.41) is 5.90. The zero-order chi connectivity index (χ0) is 55.6. The number of aromatic nitrogens is 1. The van der Waals surface area contributed by atoms with Crippen molar-refractivity contribution in [3.63, 3.8) is 0 Å². The quantitative estimate of drug-likeness (QED) is 0.0271. The Kier molecular flexibility index (Phi) is 26.6. The van der Waals surface area contributed by atoms with E-state index in [-0.39, 0.29) is 30.9 Å². The molecule has 6 rings (SSSR count). The fourth-order valence-electron chi connectivity index (χ4n) is 8.11. The van der Waals surface area contributed by atoms with Gasteiger partial charge in [0.2, 0.25) is 17.7 Å². The van der Waals surface area contributed by atoms with Gasteiger partial charge in [0.25, 0.3) is 0 Å². The molecule has 0 radical (unpaired) electrons. The van der Waals surface area contributed by atoms with E-state index in [0.29, 0.717) is 87.4 Å². The number of hydrogen-bond donors (Lipinski definition) is 4. The molecule has 3 heterocycles. The third kappa shape index (κ3) is 18.8. The molecule has 3 aromatic carbocycles. The summed E-state index contributed by atoms with van der Waals surface area (Å²) in [6, 6.07) is 20.0. The molecule has 3 unspecified atom stereocenters. The van der Waals surface area contributed by atoms with Crippen molar-refractivity contribution >= 4 is 75.4 Å². The third-order valence-corrected chi connectivity index (χ3v) is 13.6. The molecular formula is C55H75BrN10O9S. The highest BCUT2D eigenvalue weighted by molar-refractivity contribution is 9.10. The van der Waals surface area contributed by atoms with Crippen LogP contribution in [0.2, 0.25) is 0 Å². The number of carbonyl (C=O) groups excluding carboxylic acids is 5. The molecule has 21 heteroatoms. The molecule has 2 aliphatic heterocycles. The number of thiazole rings is 1. The van der Waals surface area contributed by atoms with Crippen molar-refractivity contribution in [1.29, 1.82) is 0 Å². The lowest BCUT2D eigenvalue weighted by molar-refractivity contribution is -0.142. The Hall–Kier alpha value is -6.20. The summed E-state index contributed by atoms with van der Waals surface area (Å²) in [7, 11) is 5.18. The topological polar surface area (TPSA) is 246 Å². The van der Waals surface area contributed by atoms with Gasteiger partial charge in [-0.15, -0.1) is 11.3 Å². The molecule has 2 aliphatic rings. The molecule has 0 aliphatic carbocycles. The van der Waals surface area contributed by atoms with Crippen LogP contribution in [0.5, 0.6) is 5.75 Å². The van der Waals surface area contributed by atoms with Crippen molar-refractivity contribution in [1.82, 2.24) is 30.3 Å². The average Bonchev–Trinajstić information content (AvgIpc) is 4.09. The number of benzene rings is 3. The summed E-state index contributed by atoms with van der Waals surface area (Å²) < 4.78 is 22.2. The molecule has 1 aromatic heterocycles. The summed E-state index contributed by atoms with van der Waals surface area (Å²) in [5.74, 6) is 0.340. The monoisotopic (exact) mass is 1130 g/mol. The van der Waals surface area contributed by atoms with Gasteiger partial charge in [-0.2, -0.15) is 0 Å².